The van der Waals surface area contributed by atoms with Gasteiger partial charge >= 0.3 is 0 Å². The first-order valence-corrected chi connectivity index (χ1v) is 6.29. The lowest BCUT2D eigenvalue weighted by molar-refractivity contribution is -0.117. The molecule has 1 N–H and O–H groups in total. The van der Waals surface area contributed by atoms with Crippen molar-refractivity contribution in [2.24, 2.45) is 0 Å². The Balaban J connectivity index is 2.91. The van der Waals surface area contributed by atoms with E-state index in [-0.39, 0.29) is 17.5 Å². The topological polar surface area (TPSA) is 52.9 Å². The van der Waals surface area contributed by atoms with Gasteiger partial charge in [0.05, 0.1) is 0 Å². The van der Waals surface area contributed by atoms with Crippen LogP contribution >= 0.6 is 22.6 Å². The van der Waals surface area contributed by atoms with E-state index in [1.807, 2.05) is 44.2 Å². The summed E-state index contributed by atoms with van der Waals surface area (Å²) in [5, 5.41) is 11.6. The minimum atomic E-state index is -0.332. The second kappa shape index (κ2) is 6.40. The van der Waals surface area contributed by atoms with Gasteiger partial charge in [-0.2, -0.15) is 5.26 Å². The number of rotatable bonds is 3. The highest BCUT2D eigenvalue weighted by Gasteiger charge is 2.09. The van der Waals surface area contributed by atoms with Crippen LogP contribution in [-0.4, -0.2) is 11.9 Å². The fourth-order valence-electron chi connectivity index (χ4n) is 1.21. The fourth-order valence-corrected chi connectivity index (χ4v) is 1.57. The van der Waals surface area contributed by atoms with Crippen molar-refractivity contribution in [1.82, 2.24) is 5.32 Å². The molecule has 1 aromatic carbocycles. The molecule has 3 nitrogen and oxygen atoms in total. The van der Waals surface area contributed by atoms with Crippen LogP contribution in [0.4, 0.5) is 0 Å². The molecule has 0 aliphatic heterocycles. The van der Waals surface area contributed by atoms with Gasteiger partial charge in [-0.25, -0.2) is 0 Å². The number of benzene rings is 1. The van der Waals surface area contributed by atoms with Crippen molar-refractivity contribution >= 4 is 34.6 Å². The third-order valence-corrected chi connectivity index (χ3v) is 2.69. The number of hydrogen-bond donors (Lipinski definition) is 1. The number of carbonyl (C=O) groups is 1. The second-order valence-electron chi connectivity index (χ2n) is 3.85. The second-order valence-corrected chi connectivity index (χ2v) is 5.10. The average Bonchev–Trinajstić information content (AvgIpc) is 2.27. The summed E-state index contributed by atoms with van der Waals surface area (Å²) in [5.74, 6) is -0.332. The fraction of sp³-hybridized carbons (Fsp3) is 0.231. The minimum absolute atomic E-state index is 0.0240. The summed E-state index contributed by atoms with van der Waals surface area (Å²) in [6.07, 6.45) is 1.59. The quantitative estimate of drug-likeness (QED) is 0.523. The SMILES string of the molecule is CC(C)NC(=O)/C(C#N)=C\c1ccc(I)cc1. The molecule has 0 unspecified atom stereocenters. The van der Waals surface area contributed by atoms with Crippen molar-refractivity contribution in [3.63, 3.8) is 0 Å². The van der Waals surface area contributed by atoms with Crippen molar-refractivity contribution in [2.75, 3.05) is 0 Å². The van der Waals surface area contributed by atoms with Crippen molar-refractivity contribution < 1.29 is 4.79 Å². The van der Waals surface area contributed by atoms with E-state index in [9.17, 15) is 4.79 Å². The van der Waals surface area contributed by atoms with Crippen LogP contribution in [0.2, 0.25) is 0 Å². The standard InChI is InChI=1S/C13H13IN2O/c1-9(2)16-13(17)11(8-15)7-10-3-5-12(14)6-4-10/h3-7,9H,1-2H3,(H,16,17)/b11-7-. The number of carbonyl (C=O) groups excluding carboxylic acids is 1. The van der Waals surface area contributed by atoms with Gasteiger partial charge in [0.15, 0.2) is 0 Å². The Bertz CT molecular complexity index is 469. The molecule has 88 valence electrons. The molecule has 0 aliphatic rings. The minimum Gasteiger partial charge on any atom is -0.349 e. The molecule has 0 aliphatic carbocycles. The Morgan fingerprint density at radius 2 is 2.00 bits per heavy atom. The van der Waals surface area contributed by atoms with Crippen LogP contribution in [0.3, 0.4) is 0 Å². The maximum Gasteiger partial charge on any atom is 0.262 e. The predicted octanol–water partition coefficient (Wildman–Crippen LogP) is 2.72. The first-order chi connectivity index (χ1) is 8.02. The maximum absolute atomic E-state index is 11.7. The van der Waals surface area contributed by atoms with Crippen LogP contribution in [0.5, 0.6) is 0 Å². The van der Waals surface area contributed by atoms with Crippen LogP contribution in [0.1, 0.15) is 19.4 Å². The van der Waals surface area contributed by atoms with Crippen LogP contribution in [0.25, 0.3) is 6.08 Å². The van der Waals surface area contributed by atoms with E-state index in [1.54, 1.807) is 6.08 Å². The molecule has 1 amide bonds. The normalized spacial score (nSPS) is 11.1. The van der Waals surface area contributed by atoms with Crippen LogP contribution in [-0.2, 0) is 4.79 Å². The molecule has 0 spiro atoms. The number of nitrogens with one attached hydrogen (secondary N) is 1. The molecule has 4 heteroatoms. The smallest absolute Gasteiger partial charge is 0.262 e. The summed E-state index contributed by atoms with van der Waals surface area (Å²) in [5.41, 5.74) is 0.973. The largest absolute Gasteiger partial charge is 0.349 e. The molecule has 0 atom stereocenters. The van der Waals surface area contributed by atoms with E-state index in [2.05, 4.69) is 27.9 Å². The van der Waals surface area contributed by atoms with Crippen molar-refractivity contribution in [2.45, 2.75) is 19.9 Å². The van der Waals surface area contributed by atoms with Gasteiger partial charge < -0.3 is 5.32 Å². The van der Waals surface area contributed by atoms with Gasteiger partial charge in [-0.15, -0.1) is 0 Å². The zero-order chi connectivity index (χ0) is 12.8. The zero-order valence-corrected chi connectivity index (χ0v) is 11.9. The lowest BCUT2D eigenvalue weighted by atomic mass is 10.1. The number of halogens is 1. The Labute approximate surface area is 115 Å². The highest BCUT2D eigenvalue weighted by atomic mass is 127. The Hall–Kier alpha value is -1.35. The maximum atomic E-state index is 11.7. The van der Waals surface area contributed by atoms with Crippen molar-refractivity contribution in [3.05, 3.63) is 39.0 Å². The predicted molar refractivity (Wildman–Crippen MR) is 76.0 cm³/mol. The van der Waals surface area contributed by atoms with Gasteiger partial charge in [0.2, 0.25) is 0 Å². The first kappa shape index (κ1) is 13.7. The van der Waals surface area contributed by atoms with Crippen LogP contribution < -0.4 is 5.32 Å². The summed E-state index contributed by atoms with van der Waals surface area (Å²) in [6.45, 7) is 3.72. The molecule has 0 aromatic heterocycles. The average molecular weight is 340 g/mol. The Kier molecular flexibility index (Phi) is 5.16. The lowest BCUT2D eigenvalue weighted by Gasteiger charge is -2.06. The molecule has 0 fully saturated rings. The molecule has 0 bridgehead atoms. The summed E-state index contributed by atoms with van der Waals surface area (Å²) in [4.78, 5) is 11.7. The first-order valence-electron chi connectivity index (χ1n) is 5.21. The van der Waals surface area contributed by atoms with Gasteiger partial charge in [0.1, 0.15) is 11.6 Å². The lowest BCUT2D eigenvalue weighted by Crippen LogP contribution is -2.30. The van der Waals surface area contributed by atoms with Crippen LogP contribution in [0.15, 0.2) is 29.8 Å². The third kappa shape index (κ3) is 4.57. The van der Waals surface area contributed by atoms with Gasteiger partial charge in [-0.1, -0.05) is 12.1 Å². The monoisotopic (exact) mass is 340 g/mol. The third-order valence-electron chi connectivity index (χ3n) is 1.97. The highest BCUT2D eigenvalue weighted by molar-refractivity contribution is 14.1. The van der Waals surface area contributed by atoms with E-state index in [0.29, 0.717) is 0 Å². The van der Waals surface area contributed by atoms with Gasteiger partial charge in [-0.05, 0) is 60.2 Å². The van der Waals surface area contributed by atoms with Gasteiger partial charge in [0.25, 0.3) is 5.91 Å². The zero-order valence-electron chi connectivity index (χ0n) is 9.70. The summed E-state index contributed by atoms with van der Waals surface area (Å²) < 4.78 is 1.12. The van der Waals surface area contributed by atoms with E-state index in [4.69, 9.17) is 5.26 Å². The van der Waals surface area contributed by atoms with Gasteiger partial charge in [-0.3, -0.25) is 4.79 Å². The van der Waals surface area contributed by atoms with E-state index in [1.165, 1.54) is 0 Å². The summed E-state index contributed by atoms with van der Waals surface area (Å²) >= 11 is 2.20. The number of nitrogens with zero attached hydrogens (tertiary/aromatic N) is 1. The number of hydrogen-bond acceptors (Lipinski definition) is 2. The summed E-state index contributed by atoms with van der Waals surface area (Å²) in [6, 6.07) is 9.56. The number of nitriles is 1. The highest BCUT2D eigenvalue weighted by Crippen LogP contribution is 2.10. The molecule has 0 saturated carbocycles. The van der Waals surface area contributed by atoms with Crippen molar-refractivity contribution in [3.8, 4) is 6.07 Å². The molecule has 0 saturated heterocycles. The molecular formula is C13H13IN2O. The molecular weight excluding hydrogens is 327 g/mol. The van der Waals surface area contributed by atoms with Gasteiger partial charge in [0, 0.05) is 9.61 Å². The Morgan fingerprint density at radius 3 is 2.47 bits per heavy atom. The van der Waals surface area contributed by atoms with Crippen LogP contribution in [0, 0.1) is 14.9 Å². The molecule has 0 heterocycles. The molecule has 1 rings (SSSR count). The Morgan fingerprint density at radius 1 is 1.41 bits per heavy atom. The number of amides is 1. The van der Waals surface area contributed by atoms with E-state index in [0.717, 1.165) is 9.13 Å². The van der Waals surface area contributed by atoms with E-state index < -0.39 is 0 Å². The molecule has 0 radical (unpaired) electrons. The van der Waals surface area contributed by atoms with E-state index >= 15 is 0 Å². The molecule has 17 heavy (non-hydrogen) atoms. The molecule has 1 aromatic rings. The van der Waals surface area contributed by atoms with Crippen molar-refractivity contribution in [1.29, 1.82) is 5.26 Å². The summed E-state index contributed by atoms with van der Waals surface area (Å²) in [7, 11) is 0.